The highest BCUT2D eigenvalue weighted by molar-refractivity contribution is 5.89. The minimum absolute atomic E-state index is 0.00801. The van der Waals surface area contributed by atoms with E-state index in [9.17, 15) is 4.79 Å². The molecule has 0 radical (unpaired) electrons. The van der Waals surface area contributed by atoms with Gasteiger partial charge in [0.05, 0.1) is 25.9 Å². The number of rotatable bonds is 4. The Kier molecular flexibility index (Phi) is 3.73. The Balaban J connectivity index is 1.89. The van der Waals surface area contributed by atoms with Crippen LogP contribution in [-0.4, -0.2) is 70.1 Å². The fourth-order valence-corrected chi connectivity index (χ4v) is 6.86. The fraction of sp³-hybridized carbons (Fsp3) is 0.667. The Morgan fingerprint density at radius 1 is 1.18 bits per heavy atom. The molecule has 2 aliphatic heterocycles. The molecule has 0 N–H and O–H groups in total. The van der Waals surface area contributed by atoms with Crippen molar-refractivity contribution in [2.75, 3.05) is 42.0 Å². The predicted octanol–water partition coefficient (Wildman–Crippen LogP) is 1.82. The molecule has 0 amide bonds. The molecule has 7 heteroatoms. The van der Waals surface area contributed by atoms with E-state index in [1.165, 1.54) is 0 Å². The van der Waals surface area contributed by atoms with Gasteiger partial charge in [0.15, 0.2) is 23.4 Å². The van der Waals surface area contributed by atoms with Crippen LogP contribution in [0.25, 0.3) is 0 Å². The topological polar surface area (TPSA) is 66.5 Å². The van der Waals surface area contributed by atoms with Crippen LogP contribution >= 0.6 is 0 Å². The SMILES string of the molecule is COc1ccc2c(c1OC)[C@@]13CCN(C)[C@@]14C[C@@H]2OC4(OC)[C@@H](OC)C(=O)C3. The molecule has 1 saturated carbocycles. The third-order valence-electron chi connectivity index (χ3n) is 7.75. The maximum absolute atomic E-state index is 13.3. The summed E-state index contributed by atoms with van der Waals surface area (Å²) in [6, 6.07) is 3.97. The van der Waals surface area contributed by atoms with Crippen LogP contribution in [0.5, 0.6) is 11.5 Å². The highest BCUT2D eigenvalue weighted by Crippen LogP contribution is 2.72. The van der Waals surface area contributed by atoms with Gasteiger partial charge in [-0.3, -0.25) is 9.69 Å². The number of carbonyl (C=O) groups excluding carboxylic acids is 1. The number of methoxy groups -OCH3 is 4. The van der Waals surface area contributed by atoms with Gasteiger partial charge in [-0.25, -0.2) is 0 Å². The molecule has 4 aliphatic rings. The molecule has 152 valence electrons. The number of benzene rings is 1. The summed E-state index contributed by atoms with van der Waals surface area (Å²) in [5.41, 5.74) is 1.11. The second-order valence-electron chi connectivity index (χ2n) is 8.32. The molecular weight excluding hydrogens is 362 g/mol. The van der Waals surface area contributed by atoms with Gasteiger partial charge in [-0.1, -0.05) is 6.07 Å². The smallest absolute Gasteiger partial charge is 0.222 e. The number of likely N-dealkylation sites (N-methyl/N-ethyl adjacent to an activating group) is 1. The quantitative estimate of drug-likeness (QED) is 0.778. The van der Waals surface area contributed by atoms with Crippen LogP contribution in [0, 0.1) is 0 Å². The van der Waals surface area contributed by atoms with E-state index < -0.39 is 22.8 Å². The summed E-state index contributed by atoms with van der Waals surface area (Å²) in [7, 11) is 8.58. The highest BCUT2D eigenvalue weighted by atomic mass is 16.7. The van der Waals surface area contributed by atoms with Crippen LogP contribution in [0.2, 0.25) is 0 Å². The maximum atomic E-state index is 13.3. The van der Waals surface area contributed by atoms with Crippen LogP contribution in [0.3, 0.4) is 0 Å². The number of ketones is 1. The first kappa shape index (κ1) is 18.4. The number of Topliss-reactive ketones (excluding diaryl/α,β-unsaturated/α-hetero) is 1. The molecule has 2 saturated heterocycles. The van der Waals surface area contributed by atoms with Crippen molar-refractivity contribution >= 4 is 5.78 Å². The molecule has 3 fully saturated rings. The first-order chi connectivity index (χ1) is 13.5. The Bertz CT molecular complexity index is 858. The Morgan fingerprint density at radius 2 is 1.96 bits per heavy atom. The third kappa shape index (κ3) is 1.66. The standard InChI is InChI=1S/C21H27NO6/c1-22-9-8-19-10-13(23)18(26-4)21(27-5)20(19,22)11-15(28-21)12-6-7-14(24-2)17(25-3)16(12)19/h6-7,15,18H,8-11H2,1-5H3/t15-,18-,19-,20-,21?/m0/s1. The number of hydrogen-bond donors (Lipinski definition) is 0. The van der Waals surface area contributed by atoms with Crippen molar-refractivity contribution in [3.8, 4) is 11.5 Å². The zero-order chi connectivity index (χ0) is 19.9. The van der Waals surface area contributed by atoms with E-state index in [-0.39, 0.29) is 11.9 Å². The predicted molar refractivity (Wildman–Crippen MR) is 99.8 cm³/mol. The molecule has 1 aromatic carbocycles. The van der Waals surface area contributed by atoms with Gasteiger partial charge in [-0.2, -0.15) is 0 Å². The molecule has 28 heavy (non-hydrogen) atoms. The molecule has 2 aliphatic carbocycles. The van der Waals surface area contributed by atoms with Crippen molar-refractivity contribution in [3.63, 3.8) is 0 Å². The Hall–Kier alpha value is -1.67. The van der Waals surface area contributed by atoms with Gasteiger partial charge < -0.3 is 23.7 Å². The average molecular weight is 389 g/mol. The fourth-order valence-electron chi connectivity index (χ4n) is 6.86. The monoisotopic (exact) mass is 389 g/mol. The number of fused-ring (bicyclic) bond motifs is 3. The molecule has 1 unspecified atom stereocenters. The summed E-state index contributed by atoms with van der Waals surface area (Å²) >= 11 is 0. The van der Waals surface area contributed by atoms with Crippen molar-refractivity contribution < 1.29 is 28.5 Å². The lowest BCUT2D eigenvalue weighted by Gasteiger charge is -2.59. The maximum Gasteiger partial charge on any atom is 0.222 e. The Morgan fingerprint density at radius 3 is 2.61 bits per heavy atom. The number of carbonyl (C=O) groups is 1. The van der Waals surface area contributed by atoms with E-state index in [0.29, 0.717) is 17.9 Å². The highest BCUT2D eigenvalue weighted by Gasteiger charge is 2.82. The summed E-state index contributed by atoms with van der Waals surface area (Å²) in [6.45, 7) is 0.838. The molecule has 7 nitrogen and oxygen atoms in total. The van der Waals surface area contributed by atoms with Gasteiger partial charge in [0, 0.05) is 38.0 Å². The van der Waals surface area contributed by atoms with Crippen molar-refractivity contribution in [1.29, 1.82) is 0 Å². The summed E-state index contributed by atoms with van der Waals surface area (Å²) in [4.78, 5) is 15.7. The number of likely N-dealkylation sites (tertiary alicyclic amines) is 1. The zero-order valence-corrected chi connectivity index (χ0v) is 17.0. The second kappa shape index (κ2) is 5.69. The normalized spacial score (nSPS) is 41.0. The first-order valence-corrected chi connectivity index (χ1v) is 9.71. The molecule has 5 rings (SSSR count). The number of hydrogen-bond acceptors (Lipinski definition) is 7. The van der Waals surface area contributed by atoms with Crippen LogP contribution in [0.15, 0.2) is 12.1 Å². The van der Waals surface area contributed by atoms with E-state index in [0.717, 1.165) is 30.5 Å². The largest absolute Gasteiger partial charge is 0.493 e. The zero-order valence-electron chi connectivity index (χ0n) is 17.0. The van der Waals surface area contributed by atoms with Gasteiger partial charge in [0.25, 0.3) is 0 Å². The lowest BCUT2D eigenvalue weighted by molar-refractivity contribution is -0.309. The molecule has 5 atom stereocenters. The van der Waals surface area contributed by atoms with Crippen molar-refractivity contribution in [2.45, 2.75) is 48.2 Å². The van der Waals surface area contributed by atoms with Crippen LogP contribution in [0.4, 0.5) is 0 Å². The lowest BCUT2D eigenvalue weighted by Crippen LogP contribution is -2.76. The van der Waals surface area contributed by atoms with Gasteiger partial charge in [-0.15, -0.1) is 0 Å². The minimum atomic E-state index is -1.16. The van der Waals surface area contributed by atoms with Gasteiger partial charge in [0.2, 0.25) is 5.79 Å². The second-order valence-corrected chi connectivity index (χ2v) is 8.32. The molecule has 2 bridgehead atoms. The van der Waals surface area contributed by atoms with Crippen LogP contribution in [-0.2, 0) is 24.4 Å². The van der Waals surface area contributed by atoms with Gasteiger partial charge in [0.1, 0.15) is 0 Å². The van der Waals surface area contributed by atoms with E-state index >= 15 is 0 Å². The summed E-state index contributed by atoms with van der Waals surface area (Å²) in [5.74, 6) is 0.215. The van der Waals surface area contributed by atoms with Gasteiger partial charge >= 0.3 is 0 Å². The summed E-state index contributed by atoms with van der Waals surface area (Å²) < 4.78 is 29.9. The lowest BCUT2D eigenvalue weighted by atomic mass is 9.50. The van der Waals surface area contributed by atoms with Crippen molar-refractivity contribution in [3.05, 3.63) is 23.3 Å². The molecule has 0 aromatic heterocycles. The summed E-state index contributed by atoms with van der Waals surface area (Å²) in [6.07, 6.45) is 0.981. The van der Waals surface area contributed by atoms with Crippen LogP contribution in [0.1, 0.15) is 36.5 Å². The van der Waals surface area contributed by atoms with E-state index in [1.54, 1.807) is 28.4 Å². The van der Waals surface area contributed by atoms with E-state index in [2.05, 4.69) is 18.0 Å². The van der Waals surface area contributed by atoms with Crippen LogP contribution < -0.4 is 9.47 Å². The van der Waals surface area contributed by atoms with Crippen molar-refractivity contribution in [1.82, 2.24) is 4.90 Å². The molecule has 1 spiro atoms. The van der Waals surface area contributed by atoms with Crippen molar-refractivity contribution in [2.24, 2.45) is 0 Å². The Labute approximate surface area is 164 Å². The van der Waals surface area contributed by atoms with E-state index in [4.69, 9.17) is 23.7 Å². The van der Waals surface area contributed by atoms with Gasteiger partial charge in [-0.05, 0) is 31.6 Å². The summed E-state index contributed by atoms with van der Waals surface area (Å²) in [5, 5.41) is 0. The number of nitrogens with zero attached hydrogens (tertiary/aromatic N) is 1. The molecule has 1 aromatic rings. The number of ether oxygens (including phenoxy) is 5. The third-order valence-corrected chi connectivity index (χ3v) is 7.75. The molecule has 2 heterocycles. The average Bonchev–Trinajstić information content (AvgIpc) is 3.20. The molecular formula is C21H27NO6. The minimum Gasteiger partial charge on any atom is -0.493 e. The van der Waals surface area contributed by atoms with E-state index in [1.807, 2.05) is 6.07 Å². The first-order valence-electron chi connectivity index (χ1n) is 9.71.